The van der Waals surface area contributed by atoms with Gasteiger partial charge in [0.25, 0.3) is 5.91 Å². The van der Waals surface area contributed by atoms with Crippen LogP contribution in [0.15, 0.2) is 42.5 Å². The summed E-state index contributed by atoms with van der Waals surface area (Å²) in [6.07, 6.45) is 1.39. The fourth-order valence-corrected chi connectivity index (χ4v) is 2.68. The molecule has 1 unspecified atom stereocenters. The van der Waals surface area contributed by atoms with Gasteiger partial charge in [-0.25, -0.2) is 0 Å². The first-order valence-corrected chi connectivity index (χ1v) is 8.12. The van der Waals surface area contributed by atoms with E-state index in [1.165, 1.54) is 0 Å². The van der Waals surface area contributed by atoms with Crippen LogP contribution >= 0.6 is 23.2 Å². The van der Waals surface area contributed by atoms with Crippen molar-refractivity contribution >= 4 is 46.2 Å². The topological polar surface area (TPSA) is 50.4 Å². The number of hydrogen-bond acceptors (Lipinski definition) is 3. The molecule has 0 bridgehead atoms. The third-order valence-electron chi connectivity index (χ3n) is 3.58. The zero-order valence-electron chi connectivity index (χ0n) is 12.3. The minimum atomic E-state index is -0.330. The van der Waals surface area contributed by atoms with Crippen LogP contribution in [0.25, 0.3) is 0 Å². The summed E-state index contributed by atoms with van der Waals surface area (Å²) in [5, 5.41) is 7.10. The van der Waals surface area contributed by atoms with Crippen LogP contribution in [0.5, 0.6) is 0 Å². The Morgan fingerprint density at radius 2 is 1.70 bits per heavy atom. The molecule has 0 radical (unpaired) electrons. The van der Waals surface area contributed by atoms with Crippen LogP contribution in [0.2, 0.25) is 10.0 Å². The molecule has 3 rings (SSSR count). The normalized spacial score (nSPS) is 17.0. The van der Waals surface area contributed by atoms with Gasteiger partial charge in [-0.3, -0.25) is 4.79 Å². The Labute approximate surface area is 144 Å². The van der Waals surface area contributed by atoms with E-state index in [1.807, 2.05) is 30.3 Å². The highest BCUT2D eigenvalue weighted by Gasteiger charge is 2.23. The number of ether oxygens (including phenoxy) is 1. The van der Waals surface area contributed by atoms with E-state index in [2.05, 4.69) is 10.6 Å². The molecule has 1 atom stereocenters. The highest BCUT2D eigenvalue weighted by atomic mass is 35.5. The summed E-state index contributed by atoms with van der Waals surface area (Å²) >= 11 is 11.9. The molecule has 2 aromatic carbocycles. The predicted molar refractivity (Wildman–Crippen MR) is 93.8 cm³/mol. The van der Waals surface area contributed by atoms with Gasteiger partial charge in [-0.2, -0.15) is 0 Å². The molecule has 0 saturated carbocycles. The second kappa shape index (κ2) is 7.21. The average Bonchev–Trinajstić information content (AvgIpc) is 3.07. The number of rotatable bonds is 4. The van der Waals surface area contributed by atoms with Gasteiger partial charge in [0.15, 0.2) is 0 Å². The van der Waals surface area contributed by atoms with Crippen molar-refractivity contribution in [2.24, 2.45) is 0 Å². The highest BCUT2D eigenvalue weighted by Crippen LogP contribution is 2.27. The van der Waals surface area contributed by atoms with Gasteiger partial charge in [0.05, 0.1) is 10.0 Å². The highest BCUT2D eigenvalue weighted by molar-refractivity contribution is 6.42. The molecule has 0 aliphatic carbocycles. The lowest BCUT2D eigenvalue weighted by molar-refractivity contribution is -0.124. The first-order valence-electron chi connectivity index (χ1n) is 7.36. The largest absolute Gasteiger partial charge is 0.368 e. The van der Waals surface area contributed by atoms with Crippen LogP contribution in [0.1, 0.15) is 12.8 Å². The van der Waals surface area contributed by atoms with Crippen molar-refractivity contribution in [1.82, 2.24) is 0 Å². The first-order chi connectivity index (χ1) is 11.1. The molecule has 4 nitrogen and oxygen atoms in total. The molecule has 1 aliphatic heterocycles. The number of carbonyl (C=O) groups is 1. The summed E-state index contributed by atoms with van der Waals surface area (Å²) in [7, 11) is 0. The van der Waals surface area contributed by atoms with Gasteiger partial charge < -0.3 is 15.4 Å². The maximum atomic E-state index is 12.0. The molecule has 2 aromatic rings. The zero-order valence-corrected chi connectivity index (χ0v) is 13.8. The molecule has 23 heavy (non-hydrogen) atoms. The summed E-state index contributed by atoms with van der Waals surface area (Å²) in [5.74, 6) is -0.0901. The Morgan fingerprint density at radius 3 is 2.35 bits per heavy atom. The summed E-state index contributed by atoms with van der Waals surface area (Å²) in [4.78, 5) is 12.0. The van der Waals surface area contributed by atoms with Gasteiger partial charge in [-0.1, -0.05) is 23.2 Å². The Morgan fingerprint density at radius 1 is 1.00 bits per heavy atom. The molecule has 1 heterocycles. The smallest absolute Gasteiger partial charge is 0.253 e. The van der Waals surface area contributed by atoms with E-state index in [0.717, 1.165) is 29.9 Å². The van der Waals surface area contributed by atoms with Crippen LogP contribution in [0, 0.1) is 0 Å². The Bertz CT molecular complexity index is 698. The quantitative estimate of drug-likeness (QED) is 0.828. The number of hydrogen-bond donors (Lipinski definition) is 2. The standard InChI is InChI=1S/C17H16Cl2N2O2/c18-14-8-7-13(10-15(14)19)20-11-3-5-12(6-4-11)21-17(22)16-2-1-9-23-16/h3-8,10,16,20H,1-2,9H2,(H,21,22). The number of carbonyl (C=O) groups excluding carboxylic acids is 1. The maximum absolute atomic E-state index is 12.0. The predicted octanol–water partition coefficient (Wildman–Crippen LogP) is 4.85. The van der Waals surface area contributed by atoms with Gasteiger partial charge in [0.2, 0.25) is 0 Å². The van der Waals surface area contributed by atoms with Gasteiger partial charge in [0, 0.05) is 23.7 Å². The van der Waals surface area contributed by atoms with Crippen molar-refractivity contribution in [1.29, 1.82) is 0 Å². The van der Waals surface area contributed by atoms with E-state index in [0.29, 0.717) is 16.7 Å². The molecule has 1 amide bonds. The third-order valence-corrected chi connectivity index (χ3v) is 4.32. The summed E-state index contributed by atoms with van der Waals surface area (Å²) in [6.45, 7) is 0.657. The van der Waals surface area contributed by atoms with Crippen LogP contribution in [-0.4, -0.2) is 18.6 Å². The number of nitrogens with one attached hydrogen (secondary N) is 2. The molecule has 6 heteroatoms. The van der Waals surface area contributed by atoms with E-state index in [4.69, 9.17) is 27.9 Å². The molecule has 0 spiro atoms. The lowest BCUT2D eigenvalue weighted by Crippen LogP contribution is -2.26. The van der Waals surface area contributed by atoms with Crippen molar-refractivity contribution in [3.8, 4) is 0 Å². The first kappa shape index (κ1) is 16.1. The zero-order chi connectivity index (χ0) is 16.2. The number of anilines is 3. The van der Waals surface area contributed by atoms with Crippen molar-refractivity contribution in [3.63, 3.8) is 0 Å². The Balaban J connectivity index is 1.62. The molecule has 0 aromatic heterocycles. The molecular formula is C17H16Cl2N2O2. The lowest BCUT2D eigenvalue weighted by Gasteiger charge is -2.12. The van der Waals surface area contributed by atoms with Crippen molar-refractivity contribution in [3.05, 3.63) is 52.5 Å². The van der Waals surface area contributed by atoms with Crippen LogP contribution < -0.4 is 10.6 Å². The Hall–Kier alpha value is -1.75. The van der Waals surface area contributed by atoms with Crippen LogP contribution in [-0.2, 0) is 9.53 Å². The van der Waals surface area contributed by atoms with E-state index in [9.17, 15) is 4.79 Å². The SMILES string of the molecule is O=C(Nc1ccc(Nc2ccc(Cl)c(Cl)c2)cc1)C1CCCO1. The molecule has 2 N–H and O–H groups in total. The number of benzene rings is 2. The number of amides is 1. The summed E-state index contributed by atoms with van der Waals surface area (Å²) in [6, 6.07) is 12.8. The van der Waals surface area contributed by atoms with E-state index in [1.54, 1.807) is 12.1 Å². The molecule has 1 fully saturated rings. The molecule has 1 saturated heterocycles. The second-order valence-corrected chi connectivity index (χ2v) is 6.14. The monoisotopic (exact) mass is 350 g/mol. The molecular weight excluding hydrogens is 335 g/mol. The fourth-order valence-electron chi connectivity index (χ4n) is 2.38. The third kappa shape index (κ3) is 4.16. The van der Waals surface area contributed by atoms with Crippen LogP contribution in [0.3, 0.4) is 0 Å². The van der Waals surface area contributed by atoms with Gasteiger partial charge in [0.1, 0.15) is 6.10 Å². The van der Waals surface area contributed by atoms with E-state index >= 15 is 0 Å². The second-order valence-electron chi connectivity index (χ2n) is 5.32. The van der Waals surface area contributed by atoms with Gasteiger partial charge in [-0.05, 0) is 55.3 Å². The average molecular weight is 351 g/mol. The summed E-state index contributed by atoms with van der Waals surface area (Å²) < 4.78 is 5.36. The van der Waals surface area contributed by atoms with Crippen molar-refractivity contribution in [2.75, 3.05) is 17.2 Å². The minimum absolute atomic E-state index is 0.0901. The Kier molecular flexibility index (Phi) is 5.06. The van der Waals surface area contributed by atoms with Crippen LogP contribution in [0.4, 0.5) is 17.1 Å². The lowest BCUT2D eigenvalue weighted by atomic mass is 10.2. The molecule has 120 valence electrons. The van der Waals surface area contributed by atoms with Gasteiger partial charge >= 0.3 is 0 Å². The van der Waals surface area contributed by atoms with Crippen molar-refractivity contribution < 1.29 is 9.53 Å². The number of halogens is 2. The molecule has 1 aliphatic rings. The fraction of sp³-hybridized carbons (Fsp3) is 0.235. The van der Waals surface area contributed by atoms with Gasteiger partial charge in [-0.15, -0.1) is 0 Å². The maximum Gasteiger partial charge on any atom is 0.253 e. The van der Waals surface area contributed by atoms with Crippen molar-refractivity contribution in [2.45, 2.75) is 18.9 Å². The van der Waals surface area contributed by atoms with E-state index < -0.39 is 0 Å². The van der Waals surface area contributed by atoms with E-state index in [-0.39, 0.29) is 12.0 Å². The minimum Gasteiger partial charge on any atom is -0.368 e. The summed E-state index contributed by atoms with van der Waals surface area (Å²) in [5.41, 5.74) is 2.47.